The Balaban J connectivity index is 0.000000144. The predicted molar refractivity (Wildman–Crippen MR) is 456 cm³/mol. The third-order valence-electron chi connectivity index (χ3n) is 23.2. The fourth-order valence-electron chi connectivity index (χ4n) is 16.7. The lowest BCUT2D eigenvalue weighted by Crippen LogP contribution is -2.42. The number of hydrogen-bond donors (Lipinski definition) is 4. The van der Waals surface area contributed by atoms with Gasteiger partial charge in [-0.2, -0.15) is 5.10 Å². The number of nitrogens with one attached hydrogen (secondary N) is 4. The van der Waals surface area contributed by atoms with Crippen LogP contribution in [-0.2, 0) is 78.4 Å². The molecule has 5 saturated heterocycles. The average molecular weight is 1600 g/mol. The molecular formula is C88H118N18O11. The van der Waals surface area contributed by atoms with Crippen molar-refractivity contribution in [2.24, 2.45) is 11.8 Å². The second-order valence-corrected chi connectivity index (χ2v) is 32.0. The minimum atomic E-state index is -0.156. The first kappa shape index (κ1) is 85.7. The van der Waals surface area contributed by atoms with Crippen LogP contribution in [0.5, 0.6) is 0 Å². The maximum absolute atomic E-state index is 12.9. The Morgan fingerprint density at radius 2 is 0.897 bits per heavy atom. The van der Waals surface area contributed by atoms with E-state index in [1.54, 1.807) is 0 Å². The number of fused-ring (bicyclic) bond motifs is 2. The summed E-state index contributed by atoms with van der Waals surface area (Å²) in [6, 6.07) is 24.6. The second-order valence-electron chi connectivity index (χ2n) is 32.0. The molecule has 5 fully saturated rings. The number of aromatic amines is 4. The van der Waals surface area contributed by atoms with Crippen molar-refractivity contribution in [1.29, 1.82) is 0 Å². The van der Waals surface area contributed by atoms with E-state index in [0.717, 1.165) is 110 Å². The van der Waals surface area contributed by atoms with Crippen LogP contribution >= 0.6 is 0 Å². The van der Waals surface area contributed by atoms with Crippen molar-refractivity contribution in [3.8, 4) is 5.69 Å². The number of aryl methyl sites for hydroxylation is 7. The number of H-pyrrole nitrogens is 4. The molecule has 117 heavy (non-hydrogen) atoms. The molecule has 0 spiro atoms. The van der Waals surface area contributed by atoms with Crippen molar-refractivity contribution in [2.75, 3.05) is 161 Å². The van der Waals surface area contributed by atoms with Crippen molar-refractivity contribution in [3.05, 3.63) is 205 Å². The molecule has 5 aromatic heterocycles. The molecule has 7 aliphatic rings. The molecule has 12 heterocycles. The molecule has 7 aliphatic heterocycles. The van der Waals surface area contributed by atoms with Gasteiger partial charge in [-0.25, -0.2) is 24.6 Å². The van der Waals surface area contributed by atoms with Gasteiger partial charge in [-0.05, 0) is 160 Å². The average Bonchev–Trinajstić information content (AvgIpc) is 1.63. The zero-order valence-corrected chi connectivity index (χ0v) is 70.2. The molecule has 15 rings (SSSR count). The molecule has 3 amide bonds. The largest absolute Gasteiger partial charge is 0.378 e. The van der Waals surface area contributed by atoms with E-state index in [9.17, 15) is 33.6 Å². The minimum absolute atomic E-state index is 0.0495. The molecule has 0 saturated carbocycles. The smallest absolute Gasteiger partial charge is 0.255 e. The van der Waals surface area contributed by atoms with E-state index in [1.807, 2.05) is 124 Å². The number of allylic oxidation sites excluding steroid dienone is 1. The minimum Gasteiger partial charge on any atom is -0.378 e. The molecule has 626 valence electrons. The van der Waals surface area contributed by atoms with Gasteiger partial charge in [-0.3, -0.25) is 53.5 Å². The van der Waals surface area contributed by atoms with Gasteiger partial charge in [0.1, 0.15) is 0 Å². The number of benzene rings is 3. The number of morpholine rings is 4. The van der Waals surface area contributed by atoms with Gasteiger partial charge in [-0.1, -0.05) is 74.5 Å². The van der Waals surface area contributed by atoms with Gasteiger partial charge < -0.3 is 58.1 Å². The predicted octanol–water partition coefficient (Wildman–Crippen LogP) is 8.61. The van der Waals surface area contributed by atoms with Gasteiger partial charge in [-0.15, -0.1) is 0 Å². The maximum atomic E-state index is 12.9. The number of rotatable bonds is 20. The van der Waals surface area contributed by atoms with E-state index in [1.165, 1.54) is 28.7 Å². The lowest BCUT2D eigenvalue weighted by molar-refractivity contribution is -0.133. The number of hydrogen-bond acceptors (Lipinski definition) is 21. The normalized spacial score (nSPS) is 18.0. The molecule has 8 aromatic rings. The summed E-state index contributed by atoms with van der Waals surface area (Å²) in [4.78, 5) is 135. The zero-order valence-electron chi connectivity index (χ0n) is 70.2. The number of nitrogens with zero attached hydrogens (tertiary/aromatic N) is 14. The van der Waals surface area contributed by atoms with E-state index in [0.29, 0.717) is 206 Å². The quantitative estimate of drug-likeness (QED) is 0.0555. The van der Waals surface area contributed by atoms with E-state index in [-0.39, 0.29) is 46.0 Å². The Kier molecular flexibility index (Phi) is 29.3. The number of piperidine rings is 1. The van der Waals surface area contributed by atoms with E-state index < -0.39 is 0 Å². The number of para-hydroxylation sites is 2. The summed E-state index contributed by atoms with van der Waals surface area (Å²) < 4.78 is 23.4. The van der Waals surface area contributed by atoms with Crippen molar-refractivity contribution in [1.82, 2.24) is 59.5 Å². The molecule has 0 aliphatic carbocycles. The first-order valence-corrected chi connectivity index (χ1v) is 41.6. The van der Waals surface area contributed by atoms with Crippen LogP contribution in [-0.4, -0.2) is 215 Å². The van der Waals surface area contributed by atoms with Crippen LogP contribution in [0.4, 0.5) is 35.2 Å². The summed E-state index contributed by atoms with van der Waals surface area (Å²) in [5.74, 6) is 3.74. The van der Waals surface area contributed by atoms with E-state index in [4.69, 9.17) is 24.0 Å². The molecule has 3 atom stereocenters. The second kappa shape index (κ2) is 40.0. The molecule has 0 bridgehead atoms. The molecule has 3 aromatic carbocycles. The highest BCUT2D eigenvalue weighted by Crippen LogP contribution is 2.34. The topological polar surface area (TPSA) is 315 Å². The Labute approximate surface area is 685 Å². The Hall–Kier alpha value is -10.6. The number of likely N-dealkylation sites (tertiary alicyclic amines) is 1. The van der Waals surface area contributed by atoms with Crippen LogP contribution in [0.25, 0.3) is 5.69 Å². The van der Waals surface area contributed by atoms with E-state index in [2.05, 4.69) is 115 Å². The van der Waals surface area contributed by atoms with Gasteiger partial charge in [0.05, 0.1) is 64.2 Å². The van der Waals surface area contributed by atoms with E-state index >= 15 is 0 Å². The number of carbonyl (C=O) groups is 3. The van der Waals surface area contributed by atoms with Crippen LogP contribution in [0.1, 0.15) is 138 Å². The lowest BCUT2D eigenvalue weighted by atomic mass is 9.91. The van der Waals surface area contributed by atoms with Crippen LogP contribution in [0.15, 0.2) is 104 Å². The van der Waals surface area contributed by atoms with Crippen molar-refractivity contribution >= 4 is 52.9 Å². The zero-order chi connectivity index (χ0) is 83.0. The van der Waals surface area contributed by atoms with Gasteiger partial charge in [0, 0.05) is 184 Å². The lowest BCUT2D eigenvalue weighted by Gasteiger charge is -2.35. The summed E-state index contributed by atoms with van der Waals surface area (Å²) in [7, 11) is 2.04. The van der Waals surface area contributed by atoms with Crippen LogP contribution in [0.2, 0.25) is 0 Å². The van der Waals surface area contributed by atoms with Gasteiger partial charge in [0.15, 0.2) is 0 Å². The van der Waals surface area contributed by atoms with Gasteiger partial charge >= 0.3 is 0 Å². The highest BCUT2D eigenvalue weighted by atomic mass is 16.5. The van der Waals surface area contributed by atoms with Crippen LogP contribution in [0, 0.1) is 60.3 Å². The van der Waals surface area contributed by atoms with Crippen LogP contribution < -0.4 is 51.6 Å². The molecule has 3 unspecified atom stereocenters. The first-order valence-electron chi connectivity index (χ1n) is 41.6. The van der Waals surface area contributed by atoms with Crippen molar-refractivity contribution < 1.29 is 33.3 Å². The molecular weight excluding hydrogens is 1490 g/mol. The maximum Gasteiger partial charge on any atom is 0.255 e. The monoisotopic (exact) mass is 1600 g/mol. The summed E-state index contributed by atoms with van der Waals surface area (Å²) in [6.45, 7) is 38.4. The molecule has 29 heteroatoms. The SMILES string of the molecule is C=C(CCc1c(C)nc(N2CCOCC2)[nH]c1=O)N(C)Cc1c(C)nn(-c2ccccc2)c1C.Cc1ccc2c(c1)CCCN2C(=O)CCc1c(C)nc(N2CCOCC2)[nH]c1=O.Cc1nc(N2CCOCC2)[nH]c(=O)c1CCC(=O)N1CC(C)CC(C)C1.Cc1nc(N2CCOCC2)[nH]c(=O)c1CCC(=O)N1c2ccccc2CC1C. The van der Waals surface area contributed by atoms with Crippen LogP contribution in [0.3, 0.4) is 0 Å². The summed E-state index contributed by atoms with van der Waals surface area (Å²) in [5.41, 5.74) is 15.9. The summed E-state index contributed by atoms with van der Waals surface area (Å²) in [6.07, 6.45) is 7.49. The fourth-order valence-corrected chi connectivity index (χ4v) is 16.7. The number of ether oxygens (including phenoxy) is 4. The highest BCUT2D eigenvalue weighted by molar-refractivity contribution is 5.96. The number of anilines is 6. The third kappa shape index (κ3) is 21.8. The van der Waals surface area contributed by atoms with Gasteiger partial charge in [0.2, 0.25) is 41.5 Å². The Bertz CT molecular complexity index is 5020. The van der Waals surface area contributed by atoms with Gasteiger partial charge in [0.25, 0.3) is 22.2 Å². The molecule has 4 N–H and O–H groups in total. The Morgan fingerprint density at radius 1 is 0.479 bits per heavy atom. The van der Waals surface area contributed by atoms with Crippen molar-refractivity contribution in [3.63, 3.8) is 0 Å². The summed E-state index contributed by atoms with van der Waals surface area (Å²) >= 11 is 0. The number of carbonyl (C=O) groups excluding carboxylic acids is 3. The molecule has 29 nitrogen and oxygen atoms in total. The standard InChI is InChI=1S/C26H34N6O2.C22H28N4O3.C21H26N4O3.C19H30N4O3/c1-18(11-12-23-19(2)27-26(28-25(23)33)31-13-15-34-16-14-31)30(5)17-24-20(3)29-32(21(24)4)22-9-7-6-8-10-22;1-15-5-7-19-17(14-15)4-3-9-26(19)20(27)8-6-18-16(2)23-22(24-21(18)28)25-10-12-29-13-11-25;1-14-13-16-5-3-4-6-18(16)25(14)19(26)8-7-17-15(2)22-21(23-20(17)27)24-9-11-28-12-10-24;1-13-10-14(2)12-23(11-13)17(24)5-4-16-15(3)20-19(21-18(16)25)22-6-8-26-9-7-22/h6-10H,1,11-17H2,2-5H3,(H,27,28,33);5,7,14H,3-4,6,8-13H2,1-2H3,(H,23,24,28);3-6,14H,7-13H2,1-2H3,(H,22,23,27);13-14H,4-12H2,1-3H3,(H,20,21,25). The highest BCUT2D eigenvalue weighted by Gasteiger charge is 2.32. The Morgan fingerprint density at radius 3 is 1.35 bits per heavy atom. The number of amides is 3. The fraction of sp³-hybridized carbons (Fsp3) is 0.523. The molecule has 0 radical (unpaired) electrons. The van der Waals surface area contributed by atoms with Crippen molar-refractivity contribution in [2.45, 2.75) is 159 Å². The number of aromatic nitrogens is 10. The summed E-state index contributed by atoms with van der Waals surface area (Å²) in [5, 5.41) is 4.75. The third-order valence-corrected chi connectivity index (χ3v) is 23.2. The first-order chi connectivity index (χ1) is 56.3.